The zero-order chi connectivity index (χ0) is 30.9. The summed E-state index contributed by atoms with van der Waals surface area (Å²) in [6.07, 6.45) is -1.75. The maximum absolute atomic E-state index is 14.0. The summed E-state index contributed by atoms with van der Waals surface area (Å²) in [6.45, 7) is 13.3. The number of nitrogens with zero attached hydrogens (tertiary/aromatic N) is 2. The number of alkyl halides is 3. The van der Waals surface area contributed by atoms with E-state index in [2.05, 4.69) is 25.8 Å². The second-order valence-corrected chi connectivity index (χ2v) is 14.8. The Hall–Kier alpha value is -2.47. The number of halogens is 4. The van der Waals surface area contributed by atoms with Crippen molar-refractivity contribution in [2.24, 2.45) is 21.6 Å². The Morgan fingerprint density at radius 2 is 1.73 bits per heavy atom. The Morgan fingerprint density at radius 3 is 2.25 bits per heavy atom. The van der Waals surface area contributed by atoms with E-state index in [0.29, 0.717) is 49.1 Å². The monoisotopic (exact) mass is 591 g/mol. The predicted molar refractivity (Wildman–Crippen MR) is 147 cm³/mol. The van der Waals surface area contributed by atoms with E-state index < -0.39 is 55.5 Å². The molecule has 1 aromatic rings. The van der Waals surface area contributed by atoms with Crippen molar-refractivity contribution in [2.75, 3.05) is 13.6 Å². The van der Waals surface area contributed by atoms with E-state index in [0.717, 1.165) is 4.31 Å². The van der Waals surface area contributed by atoms with Crippen molar-refractivity contribution in [1.82, 2.24) is 4.31 Å². The van der Waals surface area contributed by atoms with Crippen LogP contribution < -0.4 is 5.73 Å². The third-order valence-corrected chi connectivity index (χ3v) is 8.46. The highest BCUT2D eigenvalue weighted by Crippen LogP contribution is 2.35. The molecule has 1 aromatic carbocycles. The lowest BCUT2D eigenvalue weighted by atomic mass is 9.83. The second kappa shape index (κ2) is 11.8. The molecule has 0 unspecified atom stereocenters. The van der Waals surface area contributed by atoms with Crippen LogP contribution in [0.2, 0.25) is 0 Å². The van der Waals surface area contributed by atoms with Crippen molar-refractivity contribution in [3.8, 4) is 0 Å². The topological polar surface area (TPSA) is 102 Å². The zero-order valence-corrected chi connectivity index (χ0v) is 25.3. The maximum Gasteiger partial charge on any atom is 0.416 e. The first-order valence-electron chi connectivity index (χ1n) is 13.0. The van der Waals surface area contributed by atoms with E-state index in [4.69, 9.17) is 10.5 Å². The first kappa shape index (κ1) is 33.7. The molecule has 1 atom stereocenters. The van der Waals surface area contributed by atoms with Crippen LogP contribution in [0, 0.1) is 16.6 Å². The molecule has 1 saturated carbocycles. The van der Waals surface area contributed by atoms with Gasteiger partial charge in [0, 0.05) is 24.5 Å². The lowest BCUT2D eigenvalue weighted by molar-refractivity contribution is -0.169. The highest BCUT2D eigenvalue weighted by atomic mass is 32.2. The summed E-state index contributed by atoms with van der Waals surface area (Å²) in [5, 5.41) is 0. The second-order valence-electron chi connectivity index (χ2n) is 12.8. The minimum Gasteiger partial charge on any atom is -0.459 e. The number of esters is 1. The van der Waals surface area contributed by atoms with Crippen LogP contribution in [0.15, 0.2) is 39.9 Å². The molecule has 0 bridgehead atoms. The summed E-state index contributed by atoms with van der Waals surface area (Å²) in [4.78, 5) is 16.9. The highest BCUT2D eigenvalue weighted by molar-refractivity contribution is 7.89. The fourth-order valence-corrected chi connectivity index (χ4v) is 6.40. The van der Waals surface area contributed by atoms with Gasteiger partial charge in [-0.1, -0.05) is 20.8 Å². The summed E-state index contributed by atoms with van der Waals surface area (Å²) < 4.78 is 86.9. The van der Waals surface area contributed by atoms with E-state index in [1.807, 2.05) is 13.8 Å². The van der Waals surface area contributed by atoms with Crippen LogP contribution in [0.5, 0.6) is 0 Å². The molecule has 40 heavy (non-hydrogen) atoms. The number of likely N-dealkylation sites (N-methyl/N-ethyl adjacent to an activating group) is 1. The Labute approximate surface area is 234 Å². The molecule has 1 fully saturated rings. The Balaban J connectivity index is 2.31. The van der Waals surface area contributed by atoms with Gasteiger partial charge in [-0.2, -0.15) is 17.5 Å². The van der Waals surface area contributed by atoms with Gasteiger partial charge in [0.25, 0.3) is 0 Å². The van der Waals surface area contributed by atoms with Crippen molar-refractivity contribution in [1.29, 1.82) is 0 Å². The van der Waals surface area contributed by atoms with Crippen LogP contribution >= 0.6 is 0 Å². The van der Waals surface area contributed by atoms with Crippen molar-refractivity contribution in [2.45, 2.75) is 96.9 Å². The lowest BCUT2D eigenvalue weighted by Crippen LogP contribution is -2.43. The molecule has 0 heterocycles. The van der Waals surface area contributed by atoms with Gasteiger partial charge in [0.1, 0.15) is 11.4 Å². The number of hydrogen-bond acceptors (Lipinski definition) is 6. The predicted octanol–water partition coefficient (Wildman–Crippen LogP) is 6.09. The largest absolute Gasteiger partial charge is 0.459 e. The van der Waals surface area contributed by atoms with Gasteiger partial charge in [0.2, 0.25) is 10.0 Å². The van der Waals surface area contributed by atoms with Gasteiger partial charge >= 0.3 is 12.1 Å². The van der Waals surface area contributed by atoms with E-state index in [-0.39, 0.29) is 18.0 Å². The number of sulfonamides is 1. The molecule has 7 nitrogen and oxygen atoms in total. The van der Waals surface area contributed by atoms with Crippen LogP contribution in [0.1, 0.15) is 79.7 Å². The van der Waals surface area contributed by atoms with Crippen molar-refractivity contribution < 1.29 is 35.5 Å². The Morgan fingerprint density at radius 1 is 1.12 bits per heavy atom. The normalized spacial score (nSPS) is 19.9. The SMILES string of the molecule is CN([C@@H]1CCCC(=NCC(C)(C)C(=O)OC(C)(C)CC(C)(C)C)C1=CN)S(=O)(=O)c1cc(F)cc(C(F)(F)F)c1. The summed E-state index contributed by atoms with van der Waals surface area (Å²) in [7, 11) is -3.32. The van der Waals surface area contributed by atoms with Gasteiger partial charge in [-0.15, -0.1) is 0 Å². The fraction of sp³-hybridized carbons (Fsp3) is 0.643. The van der Waals surface area contributed by atoms with Crippen LogP contribution in [0.4, 0.5) is 17.6 Å². The smallest absolute Gasteiger partial charge is 0.416 e. The molecule has 0 aliphatic heterocycles. The number of hydrogen-bond donors (Lipinski definition) is 1. The van der Waals surface area contributed by atoms with E-state index in [1.54, 1.807) is 13.8 Å². The van der Waals surface area contributed by atoms with Gasteiger partial charge in [-0.3, -0.25) is 9.79 Å². The number of aliphatic imine (C=N–C) groups is 1. The number of ether oxygens (including phenoxy) is 1. The van der Waals surface area contributed by atoms with Crippen molar-refractivity contribution >= 4 is 21.7 Å². The summed E-state index contributed by atoms with van der Waals surface area (Å²) in [5.74, 6) is -1.75. The molecule has 0 spiro atoms. The molecule has 0 radical (unpaired) electrons. The van der Waals surface area contributed by atoms with Crippen molar-refractivity contribution in [3.05, 3.63) is 41.4 Å². The Bertz CT molecular complexity index is 1260. The molecule has 2 N–H and O–H groups in total. The van der Waals surface area contributed by atoms with Crippen LogP contribution in [-0.4, -0.2) is 49.6 Å². The molecule has 1 aliphatic carbocycles. The maximum atomic E-state index is 14.0. The molecule has 0 aromatic heterocycles. The molecule has 0 saturated heterocycles. The van der Waals surface area contributed by atoms with Crippen LogP contribution in [0.3, 0.4) is 0 Å². The molecule has 226 valence electrons. The number of benzene rings is 1. The van der Waals surface area contributed by atoms with Gasteiger partial charge in [0.15, 0.2) is 0 Å². The summed E-state index contributed by atoms with van der Waals surface area (Å²) in [6, 6.07) is 0.362. The number of rotatable bonds is 8. The quantitative estimate of drug-likeness (QED) is 0.291. The van der Waals surface area contributed by atoms with Crippen LogP contribution in [-0.2, 0) is 25.7 Å². The van der Waals surface area contributed by atoms with Gasteiger partial charge in [0.05, 0.1) is 28.5 Å². The van der Waals surface area contributed by atoms with Crippen molar-refractivity contribution in [3.63, 3.8) is 0 Å². The molecule has 12 heteroatoms. The average molecular weight is 592 g/mol. The molecule has 2 rings (SSSR count). The van der Waals surface area contributed by atoms with Gasteiger partial charge in [-0.25, -0.2) is 12.8 Å². The highest BCUT2D eigenvalue weighted by Gasteiger charge is 2.39. The Kier molecular flexibility index (Phi) is 9.95. The van der Waals surface area contributed by atoms with Crippen LogP contribution in [0.25, 0.3) is 0 Å². The van der Waals surface area contributed by atoms with E-state index >= 15 is 0 Å². The standard InChI is InChI=1S/C28H41F4N3O4S/c1-25(2,3)16-27(6,7)39-24(36)26(4,5)17-34-22-10-9-11-23(21(22)15-33)35(8)40(37,38)20-13-18(28(30,31)32)12-19(29)14-20/h12-15,23H,9-11,16-17,33H2,1-8H3/t23-/m1/s1. The number of carbonyl (C=O) groups excluding carboxylic acids is 1. The first-order valence-corrected chi connectivity index (χ1v) is 14.5. The average Bonchev–Trinajstić information content (AvgIpc) is 2.79. The van der Waals surface area contributed by atoms with E-state index in [9.17, 15) is 30.8 Å². The molecule has 1 aliphatic rings. The van der Waals surface area contributed by atoms with Gasteiger partial charge in [-0.05, 0) is 77.0 Å². The summed E-state index contributed by atoms with van der Waals surface area (Å²) in [5.41, 5.74) is 3.60. The zero-order valence-electron chi connectivity index (χ0n) is 24.4. The lowest BCUT2D eigenvalue weighted by Gasteiger charge is -2.35. The first-order chi connectivity index (χ1) is 18.0. The minimum absolute atomic E-state index is 0.0477. The number of nitrogens with two attached hydrogens (primary N) is 1. The molecular weight excluding hydrogens is 550 g/mol. The third-order valence-electron chi connectivity index (χ3n) is 6.62. The molecule has 0 amide bonds. The summed E-state index contributed by atoms with van der Waals surface area (Å²) >= 11 is 0. The minimum atomic E-state index is -4.92. The van der Waals surface area contributed by atoms with Gasteiger partial charge < -0.3 is 10.5 Å². The number of carbonyl (C=O) groups is 1. The molecular formula is C28H41F4N3O4S. The van der Waals surface area contributed by atoms with E-state index in [1.165, 1.54) is 13.2 Å². The fourth-order valence-electron chi connectivity index (χ4n) is 4.98. The third kappa shape index (κ3) is 8.52.